The van der Waals surface area contributed by atoms with Gasteiger partial charge in [-0.25, -0.2) is 0 Å². The minimum Gasteiger partial charge on any atom is -0.383 e. The molecule has 2 unspecified atom stereocenters. The van der Waals surface area contributed by atoms with Crippen LogP contribution in [0.2, 0.25) is 5.02 Å². The maximum atomic E-state index is 6.44. The van der Waals surface area contributed by atoms with Crippen molar-refractivity contribution in [2.45, 2.75) is 45.2 Å². The predicted molar refractivity (Wildman–Crippen MR) is 90.2 cm³/mol. The molecule has 21 heavy (non-hydrogen) atoms. The molecule has 2 N–H and O–H groups in total. The van der Waals surface area contributed by atoms with Crippen molar-refractivity contribution in [3.05, 3.63) is 28.8 Å². The lowest BCUT2D eigenvalue weighted by atomic mass is 10.0. The van der Waals surface area contributed by atoms with E-state index in [4.69, 9.17) is 22.1 Å². The van der Waals surface area contributed by atoms with Crippen LogP contribution in [0, 0.1) is 5.92 Å². The molecule has 118 valence electrons. The molecule has 3 nitrogen and oxygen atoms in total. The lowest BCUT2D eigenvalue weighted by Crippen LogP contribution is -2.38. The molecular formula is C17H27ClN2O. The first-order valence-electron chi connectivity index (χ1n) is 7.83. The van der Waals surface area contributed by atoms with E-state index in [2.05, 4.69) is 17.9 Å². The van der Waals surface area contributed by atoms with Crippen molar-refractivity contribution >= 4 is 17.3 Å². The molecule has 4 heteroatoms. The van der Waals surface area contributed by atoms with Crippen molar-refractivity contribution < 1.29 is 4.74 Å². The highest BCUT2D eigenvalue weighted by Gasteiger charge is 2.33. The lowest BCUT2D eigenvalue weighted by molar-refractivity contribution is 0.202. The third-order valence-corrected chi connectivity index (χ3v) is 4.62. The Morgan fingerprint density at radius 3 is 2.67 bits per heavy atom. The number of hydrogen-bond acceptors (Lipinski definition) is 3. The first kappa shape index (κ1) is 16.6. The van der Waals surface area contributed by atoms with Gasteiger partial charge in [0.25, 0.3) is 0 Å². The first-order chi connectivity index (χ1) is 10.0. The molecular weight excluding hydrogens is 284 g/mol. The molecule has 1 aliphatic carbocycles. The fourth-order valence-corrected chi connectivity index (χ4v) is 3.15. The maximum absolute atomic E-state index is 6.44. The first-order valence-corrected chi connectivity index (χ1v) is 8.21. The second kappa shape index (κ2) is 7.48. The zero-order valence-corrected chi connectivity index (χ0v) is 14.1. The van der Waals surface area contributed by atoms with Gasteiger partial charge in [0.1, 0.15) is 0 Å². The van der Waals surface area contributed by atoms with Gasteiger partial charge in [0.2, 0.25) is 0 Å². The third-order valence-electron chi connectivity index (χ3n) is 4.26. The van der Waals surface area contributed by atoms with Crippen LogP contribution >= 0.6 is 11.6 Å². The number of nitrogens with two attached hydrogens (primary N) is 1. The summed E-state index contributed by atoms with van der Waals surface area (Å²) in [5, 5.41) is 0.815. The van der Waals surface area contributed by atoms with Crippen molar-refractivity contribution in [1.82, 2.24) is 0 Å². The molecule has 1 aromatic rings. The summed E-state index contributed by atoms with van der Waals surface area (Å²) in [6, 6.07) is 6.77. The van der Waals surface area contributed by atoms with E-state index in [0.29, 0.717) is 6.04 Å². The van der Waals surface area contributed by atoms with Crippen LogP contribution in [0.25, 0.3) is 0 Å². The van der Waals surface area contributed by atoms with Crippen LogP contribution < -0.4 is 10.6 Å². The van der Waals surface area contributed by atoms with Crippen molar-refractivity contribution in [1.29, 1.82) is 0 Å². The third kappa shape index (κ3) is 4.35. The van der Waals surface area contributed by atoms with E-state index >= 15 is 0 Å². The molecule has 2 atom stereocenters. The Balaban J connectivity index is 2.31. The van der Waals surface area contributed by atoms with Crippen molar-refractivity contribution in [2.75, 3.05) is 25.2 Å². The molecule has 0 spiro atoms. The summed E-state index contributed by atoms with van der Waals surface area (Å²) in [5.41, 5.74) is 8.39. The zero-order valence-electron chi connectivity index (χ0n) is 13.3. The van der Waals surface area contributed by atoms with Crippen LogP contribution in [-0.2, 0) is 11.2 Å². The molecule has 1 aliphatic rings. The van der Waals surface area contributed by atoms with Gasteiger partial charge in [-0.15, -0.1) is 0 Å². The van der Waals surface area contributed by atoms with Gasteiger partial charge in [-0.1, -0.05) is 17.7 Å². The van der Waals surface area contributed by atoms with E-state index < -0.39 is 0 Å². The summed E-state index contributed by atoms with van der Waals surface area (Å²) in [5.74, 6) is 0.795. The van der Waals surface area contributed by atoms with E-state index in [1.165, 1.54) is 18.5 Å². The lowest BCUT2D eigenvalue weighted by Gasteiger charge is -2.33. The molecule has 0 saturated heterocycles. The highest BCUT2D eigenvalue weighted by atomic mass is 35.5. The van der Waals surface area contributed by atoms with Crippen LogP contribution in [0.5, 0.6) is 0 Å². The standard InChI is InChI=1S/C17H27ClN2O/c1-12(19)11-15-16(18)5-4-6-17(15)20(9-10-21-3)13(2)14-7-8-14/h4-6,12-14H,7-11,19H2,1-3H3. The van der Waals surface area contributed by atoms with E-state index in [-0.39, 0.29) is 6.04 Å². The Hall–Kier alpha value is -0.770. The van der Waals surface area contributed by atoms with Crippen LogP contribution in [0.15, 0.2) is 18.2 Å². The van der Waals surface area contributed by atoms with Crippen molar-refractivity contribution in [3.8, 4) is 0 Å². The van der Waals surface area contributed by atoms with Gasteiger partial charge in [-0.3, -0.25) is 0 Å². The summed E-state index contributed by atoms with van der Waals surface area (Å²) in [4.78, 5) is 2.45. The summed E-state index contributed by atoms with van der Waals surface area (Å²) in [7, 11) is 1.75. The van der Waals surface area contributed by atoms with E-state index in [0.717, 1.165) is 36.1 Å². The Labute approximate surface area is 133 Å². The molecule has 0 amide bonds. The Bertz CT molecular complexity index is 460. The molecule has 1 fully saturated rings. The normalized spacial score (nSPS) is 17.6. The second-order valence-corrected chi connectivity index (χ2v) is 6.59. The highest BCUT2D eigenvalue weighted by molar-refractivity contribution is 6.31. The SMILES string of the molecule is COCCN(c1cccc(Cl)c1CC(C)N)C(C)C1CC1. The number of benzene rings is 1. The predicted octanol–water partition coefficient (Wildman–Crippen LogP) is 3.48. The molecule has 1 aromatic carbocycles. The largest absolute Gasteiger partial charge is 0.383 e. The summed E-state index contributed by atoms with van der Waals surface area (Å²) >= 11 is 6.44. The number of rotatable bonds is 8. The van der Waals surface area contributed by atoms with Crippen molar-refractivity contribution in [3.63, 3.8) is 0 Å². The average Bonchev–Trinajstić information content (AvgIpc) is 3.26. The number of methoxy groups -OCH3 is 1. The van der Waals surface area contributed by atoms with Gasteiger partial charge in [-0.05, 0) is 56.7 Å². The van der Waals surface area contributed by atoms with E-state index in [1.54, 1.807) is 7.11 Å². The highest BCUT2D eigenvalue weighted by Crippen LogP contribution is 2.39. The van der Waals surface area contributed by atoms with Gasteiger partial charge < -0.3 is 15.4 Å². The minimum absolute atomic E-state index is 0.101. The van der Waals surface area contributed by atoms with Gasteiger partial charge in [0.05, 0.1) is 6.61 Å². The molecule has 0 radical (unpaired) electrons. The van der Waals surface area contributed by atoms with Crippen LogP contribution in [0.4, 0.5) is 5.69 Å². The van der Waals surface area contributed by atoms with Crippen LogP contribution in [0.1, 0.15) is 32.3 Å². The molecule has 0 heterocycles. The topological polar surface area (TPSA) is 38.5 Å². The number of ether oxygens (including phenoxy) is 1. The molecule has 0 bridgehead atoms. The Morgan fingerprint density at radius 1 is 1.38 bits per heavy atom. The Kier molecular flexibility index (Phi) is 5.91. The summed E-state index contributed by atoms with van der Waals surface area (Å²) in [6.07, 6.45) is 3.46. The quantitative estimate of drug-likeness (QED) is 0.799. The Morgan fingerprint density at radius 2 is 2.10 bits per heavy atom. The number of halogens is 1. The molecule has 0 aliphatic heterocycles. The monoisotopic (exact) mass is 310 g/mol. The fraction of sp³-hybridized carbons (Fsp3) is 0.647. The average molecular weight is 311 g/mol. The number of nitrogens with zero attached hydrogens (tertiary/aromatic N) is 1. The summed E-state index contributed by atoms with van der Waals surface area (Å²) < 4.78 is 5.30. The zero-order chi connectivity index (χ0) is 15.4. The van der Waals surface area contributed by atoms with Gasteiger partial charge in [-0.2, -0.15) is 0 Å². The fourth-order valence-electron chi connectivity index (χ4n) is 2.91. The van der Waals surface area contributed by atoms with E-state index in [1.807, 2.05) is 19.1 Å². The number of hydrogen-bond donors (Lipinski definition) is 1. The maximum Gasteiger partial charge on any atom is 0.0637 e. The number of anilines is 1. The van der Waals surface area contributed by atoms with E-state index in [9.17, 15) is 0 Å². The van der Waals surface area contributed by atoms with Crippen LogP contribution in [-0.4, -0.2) is 32.3 Å². The van der Waals surface area contributed by atoms with Gasteiger partial charge >= 0.3 is 0 Å². The minimum atomic E-state index is 0.101. The summed E-state index contributed by atoms with van der Waals surface area (Å²) in [6.45, 7) is 5.95. The molecule has 2 rings (SSSR count). The smallest absolute Gasteiger partial charge is 0.0637 e. The molecule has 1 saturated carbocycles. The van der Waals surface area contributed by atoms with Crippen LogP contribution in [0.3, 0.4) is 0 Å². The molecule has 0 aromatic heterocycles. The second-order valence-electron chi connectivity index (χ2n) is 6.18. The van der Waals surface area contributed by atoms with Gasteiger partial charge in [0, 0.05) is 36.4 Å². The van der Waals surface area contributed by atoms with Crippen molar-refractivity contribution in [2.24, 2.45) is 11.7 Å². The van der Waals surface area contributed by atoms with Gasteiger partial charge in [0.15, 0.2) is 0 Å².